The minimum atomic E-state index is 0.198. The van der Waals surface area contributed by atoms with Crippen LogP contribution in [0.1, 0.15) is 38.5 Å². The van der Waals surface area contributed by atoms with Gasteiger partial charge in [0.1, 0.15) is 0 Å². The molecular weight excluding hydrogens is 164 g/mol. The Labute approximate surface area is 79.1 Å². The van der Waals surface area contributed by atoms with Crippen molar-refractivity contribution in [2.75, 3.05) is 0 Å². The number of hydrogen-bond acceptors (Lipinski definition) is 2. The van der Waals surface area contributed by atoms with Gasteiger partial charge in [-0.25, -0.2) is 0 Å². The Morgan fingerprint density at radius 3 is 2.62 bits per heavy atom. The maximum Gasteiger partial charge on any atom is 0.223 e. The third-order valence-corrected chi connectivity index (χ3v) is 3.01. The van der Waals surface area contributed by atoms with Gasteiger partial charge in [-0.05, 0) is 32.1 Å². The fourth-order valence-corrected chi connectivity index (χ4v) is 2.01. The van der Waals surface area contributed by atoms with E-state index >= 15 is 0 Å². The number of rotatable bonds is 2. The number of hydrogen-bond donors (Lipinski definition) is 2. The Balaban J connectivity index is 1.80. The Bertz CT molecular complexity index is 201. The molecule has 0 aromatic heterocycles. The molecule has 0 aromatic rings. The van der Waals surface area contributed by atoms with Crippen LogP contribution in [0.3, 0.4) is 0 Å². The standard InChI is InChI=1S/C10H18N2O/c11-8-3-1-2-7(6-8)10(13)12-9-4-5-9/h7-9H,1-6,11H2,(H,12,13)/t7-,8-/m0/s1. The van der Waals surface area contributed by atoms with Crippen molar-refractivity contribution in [3.8, 4) is 0 Å². The predicted molar refractivity (Wildman–Crippen MR) is 51.1 cm³/mol. The van der Waals surface area contributed by atoms with Crippen molar-refractivity contribution >= 4 is 5.91 Å². The summed E-state index contributed by atoms with van der Waals surface area (Å²) in [6, 6.07) is 0.745. The SMILES string of the molecule is N[C@H]1CCC[C@H](C(=O)NC2CC2)C1. The largest absolute Gasteiger partial charge is 0.353 e. The van der Waals surface area contributed by atoms with Crippen molar-refractivity contribution < 1.29 is 4.79 Å². The maximum atomic E-state index is 11.6. The molecule has 2 rings (SSSR count). The molecule has 2 aliphatic rings. The van der Waals surface area contributed by atoms with Gasteiger partial charge in [-0.2, -0.15) is 0 Å². The van der Waals surface area contributed by atoms with Crippen molar-refractivity contribution in [3.63, 3.8) is 0 Å². The van der Waals surface area contributed by atoms with Gasteiger partial charge in [0, 0.05) is 18.0 Å². The fraction of sp³-hybridized carbons (Fsp3) is 0.900. The molecule has 2 aliphatic carbocycles. The summed E-state index contributed by atoms with van der Waals surface area (Å²) in [5, 5.41) is 3.05. The zero-order valence-corrected chi connectivity index (χ0v) is 7.96. The van der Waals surface area contributed by atoms with Crippen molar-refractivity contribution in [2.45, 2.75) is 50.6 Å². The fourth-order valence-electron chi connectivity index (χ4n) is 2.01. The number of carbonyl (C=O) groups is 1. The van der Waals surface area contributed by atoms with E-state index in [2.05, 4.69) is 5.32 Å². The summed E-state index contributed by atoms with van der Waals surface area (Å²) in [5.74, 6) is 0.446. The first-order valence-electron chi connectivity index (χ1n) is 5.31. The Morgan fingerprint density at radius 2 is 2.00 bits per heavy atom. The highest BCUT2D eigenvalue weighted by atomic mass is 16.2. The van der Waals surface area contributed by atoms with Crippen LogP contribution in [0.15, 0.2) is 0 Å². The van der Waals surface area contributed by atoms with Crippen LogP contribution in [-0.2, 0) is 4.79 Å². The Kier molecular flexibility index (Phi) is 2.54. The molecule has 2 atom stereocenters. The normalized spacial score (nSPS) is 34.2. The quantitative estimate of drug-likeness (QED) is 0.663. The van der Waals surface area contributed by atoms with Crippen LogP contribution in [0.25, 0.3) is 0 Å². The van der Waals surface area contributed by atoms with Crippen molar-refractivity contribution in [3.05, 3.63) is 0 Å². The third kappa shape index (κ3) is 2.44. The van der Waals surface area contributed by atoms with E-state index in [-0.39, 0.29) is 17.9 Å². The molecular formula is C10H18N2O. The summed E-state index contributed by atoms with van der Waals surface area (Å²) in [6.07, 6.45) is 6.47. The van der Waals surface area contributed by atoms with Gasteiger partial charge < -0.3 is 11.1 Å². The first kappa shape index (κ1) is 9.00. The van der Waals surface area contributed by atoms with Gasteiger partial charge in [-0.15, -0.1) is 0 Å². The summed E-state index contributed by atoms with van der Waals surface area (Å²) in [6.45, 7) is 0. The molecule has 0 radical (unpaired) electrons. The van der Waals surface area contributed by atoms with E-state index < -0.39 is 0 Å². The van der Waals surface area contributed by atoms with Crippen LogP contribution in [-0.4, -0.2) is 18.0 Å². The topological polar surface area (TPSA) is 55.1 Å². The monoisotopic (exact) mass is 182 g/mol. The molecule has 3 heteroatoms. The third-order valence-electron chi connectivity index (χ3n) is 3.01. The van der Waals surface area contributed by atoms with Crippen molar-refractivity contribution in [1.82, 2.24) is 5.32 Å². The number of carbonyl (C=O) groups excluding carboxylic acids is 1. The summed E-state index contributed by atoms with van der Waals surface area (Å²) >= 11 is 0. The molecule has 0 bridgehead atoms. The predicted octanol–water partition coefficient (Wildman–Crippen LogP) is 0.782. The summed E-state index contributed by atoms with van der Waals surface area (Å²) in [7, 11) is 0. The molecule has 2 fully saturated rings. The van der Waals surface area contributed by atoms with Gasteiger partial charge in [0.2, 0.25) is 5.91 Å². The summed E-state index contributed by atoms with van der Waals surface area (Å²) in [5.41, 5.74) is 5.83. The zero-order valence-electron chi connectivity index (χ0n) is 7.96. The summed E-state index contributed by atoms with van der Waals surface area (Å²) in [4.78, 5) is 11.6. The van der Waals surface area contributed by atoms with Crippen molar-refractivity contribution in [2.24, 2.45) is 11.7 Å². The van der Waals surface area contributed by atoms with E-state index in [9.17, 15) is 4.79 Å². The van der Waals surface area contributed by atoms with Gasteiger partial charge in [0.05, 0.1) is 0 Å². The van der Waals surface area contributed by atoms with Crippen LogP contribution >= 0.6 is 0 Å². The molecule has 0 unspecified atom stereocenters. The van der Waals surface area contributed by atoms with E-state index in [0.29, 0.717) is 6.04 Å². The average Bonchev–Trinajstić information content (AvgIpc) is 2.88. The lowest BCUT2D eigenvalue weighted by atomic mass is 9.85. The van der Waals surface area contributed by atoms with Crippen LogP contribution in [0.4, 0.5) is 0 Å². The van der Waals surface area contributed by atoms with Gasteiger partial charge in [-0.1, -0.05) is 6.42 Å². The van der Waals surface area contributed by atoms with Gasteiger partial charge in [0.25, 0.3) is 0 Å². The molecule has 0 saturated heterocycles. The molecule has 0 spiro atoms. The highest BCUT2D eigenvalue weighted by Gasteiger charge is 2.29. The first-order valence-corrected chi connectivity index (χ1v) is 5.31. The van der Waals surface area contributed by atoms with Crippen LogP contribution in [0.5, 0.6) is 0 Å². The Morgan fingerprint density at radius 1 is 1.23 bits per heavy atom. The van der Waals surface area contributed by atoms with E-state index in [1.165, 1.54) is 12.8 Å². The maximum absolute atomic E-state index is 11.6. The smallest absolute Gasteiger partial charge is 0.223 e. The average molecular weight is 182 g/mol. The minimum Gasteiger partial charge on any atom is -0.353 e. The van der Waals surface area contributed by atoms with Gasteiger partial charge >= 0.3 is 0 Å². The summed E-state index contributed by atoms with van der Waals surface area (Å²) < 4.78 is 0. The second-order valence-corrected chi connectivity index (χ2v) is 4.41. The highest BCUT2D eigenvalue weighted by Crippen LogP contribution is 2.25. The van der Waals surface area contributed by atoms with Crippen LogP contribution in [0, 0.1) is 5.92 Å². The molecule has 3 N–H and O–H groups in total. The molecule has 1 amide bonds. The zero-order chi connectivity index (χ0) is 9.26. The van der Waals surface area contributed by atoms with E-state index in [1.54, 1.807) is 0 Å². The molecule has 0 aliphatic heterocycles. The van der Waals surface area contributed by atoms with Crippen molar-refractivity contribution in [1.29, 1.82) is 0 Å². The second-order valence-electron chi connectivity index (χ2n) is 4.41. The molecule has 13 heavy (non-hydrogen) atoms. The Hall–Kier alpha value is -0.570. The second kappa shape index (κ2) is 3.66. The van der Waals surface area contributed by atoms with E-state index in [1.807, 2.05) is 0 Å². The lowest BCUT2D eigenvalue weighted by Gasteiger charge is -2.25. The molecule has 3 nitrogen and oxygen atoms in total. The molecule has 2 saturated carbocycles. The molecule has 0 heterocycles. The van der Waals surface area contributed by atoms with Gasteiger partial charge in [0.15, 0.2) is 0 Å². The van der Waals surface area contributed by atoms with Crippen LogP contribution < -0.4 is 11.1 Å². The lowest BCUT2D eigenvalue weighted by molar-refractivity contribution is -0.126. The van der Waals surface area contributed by atoms with E-state index in [0.717, 1.165) is 25.7 Å². The van der Waals surface area contributed by atoms with E-state index in [4.69, 9.17) is 5.73 Å². The minimum absolute atomic E-state index is 0.198. The molecule has 74 valence electrons. The number of nitrogens with two attached hydrogens (primary N) is 1. The van der Waals surface area contributed by atoms with Crippen LogP contribution in [0.2, 0.25) is 0 Å². The molecule has 0 aromatic carbocycles. The number of amides is 1. The lowest BCUT2D eigenvalue weighted by Crippen LogP contribution is -2.38. The van der Waals surface area contributed by atoms with Gasteiger partial charge in [-0.3, -0.25) is 4.79 Å². The first-order chi connectivity index (χ1) is 6.25. The highest BCUT2D eigenvalue weighted by molar-refractivity contribution is 5.79. The number of nitrogens with one attached hydrogen (secondary N) is 1.